The zero-order valence-corrected chi connectivity index (χ0v) is 15.5. The van der Waals surface area contributed by atoms with Gasteiger partial charge in [0, 0.05) is 67.1 Å². The molecule has 2 aromatic heterocycles. The molecule has 5 nitrogen and oxygen atoms in total. The van der Waals surface area contributed by atoms with Gasteiger partial charge >= 0.3 is 0 Å². The van der Waals surface area contributed by atoms with Crippen molar-refractivity contribution in [2.45, 2.75) is 32.4 Å². The zero-order chi connectivity index (χ0) is 17.6. The summed E-state index contributed by atoms with van der Waals surface area (Å²) in [6.07, 6.45) is 3.90. The zero-order valence-electron chi connectivity index (χ0n) is 15.5. The number of likely N-dealkylation sites (N-methyl/N-ethyl adjacent to an activating group) is 1. The van der Waals surface area contributed by atoms with Crippen LogP contribution in [0.2, 0.25) is 0 Å². The van der Waals surface area contributed by atoms with Crippen molar-refractivity contribution >= 4 is 10.9 Å². The quantitative estimate of drug-likeness (QED) is 0.770. The number of aromatic nitrogens is 3. The van der Waals surface area contributed by atoms with Crippen molar-refractivity contribution in [1.82, 2.24) is 24.8 Å². The third-order valence-corrected chi connectivity index (χ3v) is 5.69. The van der Waals surface area contributed by atoms with Gasteiger partial charge in [0.25, 0.3) is 0 Å². The van der Waals surface area contributed by atoms with Gasteiger partial charge in [-0.3, -0.25) is 0 Å². The molecule has 1 aliphatic rings. The van der Waals surface area contributed by atoms with Crippen molar-refractivity contribution in [3.63, 3.8) is 0 Å². The number of aromatic amines is 1. The first kappa shape index (κ1) is 16.4. The summed E-state index contributed by atoms with van der Waals surface area (Å²) >= 11 is 0. The number of rotatable bonds is 4. The van der Waals surface area contributed by atoms with Gasteiger partial charge in [-0.25, -0.2) is 4.98 Å². The van der Waals surface area contributed by atoms with E-state index in [0.717, 1.165) is 19.6 Å². The summed E-state index contributed by atoms with van der Waals surface area (Å²) < 4.78 is 2.15. The Labute approximate surface area is 149 Å². The maximum absolute atomic E-state index is 4.30. The molecule has 0 bridgehead atoms. The summed E-state index contributed by atoms with van der Waals surface area (Å²) in [7, 11) is 4.28. The molecule has 0 aliphatic carbocycles. The molecule has 3 heterocycles. The lowest BCUT2D eigenvalue weighted by molar-refractivity contribution is 0.397. The van der Waals surface area contributed by atoms with E-state index in [-0.39, 0.29) is 0 Å². The monoisotopic (exact) mass is 337 g/mol. The lowest BCUT2D eigenvalue weighted by Gasteiger charge is -2.20. The van der Waals surface area contributed by atoms with E-state index in [1.807, 2.05) is 12.5 Å². The van der Waals surface area contributed by atoms with Gasteiger partial charge in [-0.05, 0) is 44.2 Å². The molecule has 132 valence electrons. The van der Waals surface area contributed by atoms with Gasteiger partial charge in [0.1, 0.15) is 0 Å². The lowest BCUT2D eigenvalue weighted by Crippen LogP contribution is -2.35. The minimum atomic E-state index is 0.439. The van der Waals surface area contributed by atoms with E-state index in [9.17, 15) is 0 Å². The number of likely N-dealkylation sites (tertiary alicyclic amines) is 1. The highest BCUT2D eigenvalue weighted by Gasteiger charge is 2.33. The highest BCUT2D eigenvalue weighted by Crippen LogP contribution is 2.27. The summed E-state index contributed by atoms with van der Waals surface area (Å²) in [4.78, 5) is 10.3. The number of benzene rings is 1. The molecule has 5 heteroatoms. The molecule has 1 fully saturated rings. The van der Waals surface area contributed by atoms with Gasteiger partial charge in [0.15, 0.2) is 0 Å². The number of H-pyrrole nitrogens is 1. The van der Waals surface area contributed by atoms with Gasteiger partial charge in [-0.1, -0.05) is 6.07 Å². The standard InChI is InChI=1S/C20H27N5/c1-13-5-6-18-16(14(13)2)7-15(23-18)8-22-19-11-24(3)10-17(19)20-9-21-12-25(20)4/h5-7,9,12,17,19,22-23H,8,10-11H2,1-4H3/t17-,19-/m1/s1. The Bertz CT molecular complexity index is 891. The van der Waals surface area contributed by atoms with Crippen LogP contribution in [0.3, 0.4) is 0 Å². The Hall–Kier alpha value is -2.11. The maximum Gasteiger partial charge on any atom is 0.0945 e. The van der Waals surface area contributed by atoms with Crippen molar-refractivity contribution in [3.05, 3.63) is 53.2 Å². The lowest BCUT2D eigenvalue weighted by atomic mass is 10.00. The fraction of sp³-hybridized carbons (Fsp3) is 0.450. The SMILES string of the molecule is Cc1ccc2[nH]c(CN[C@@H]3CN(C)C[C@H]3c3cncn3C)cc2c1C. The Balaban J connectivity index is 1.52. The maximum atomic E-state index is 4.30. The van der Waals surface area contributed by atoms with Gasteiger partial charge in [-0.2, -0.15) is 0 Å². The van der Waals surface area contributed by atoms with E-state index in [1.165, 1.54) is 33.4 Å². The topological polar surface area (TPSA) is 48.9 Å². The molecule has 0 spiro atoms. The number of fused-ring (bicyclic) bond motifs is 1. The average Bonchev–Trinajstić information content (AvgIpc) is 3.27. The minimum Gasteiger partial charge on any atom is -0.357 e. The summed E-state index contributed by atoms with van der Waals surface area (Å²) in [5.74, 6) is 0.478. The number of nitrogens with zero attached hydrogens (tertiary/aromatic N) is 3. The molecule has 1 aromatic carbocycles. The van der Waals surface area contributed by atoms with Crippen LogP contribution in [0.1, 0.15) is 28.4 Å². The molecule has 1 saturated heterocycles. The number of hydrogen-bond donors (Lipinski definition) is 2. The Morgan fingerprint density at radius 2 is 2.08 bits per heavy atom. The first-order chi connectivity index (χ1) is 12.0. The fourth-order valence-electron chi connectivity index (χ4n) is 4.08. The molecule has 0 amide bonds. The molecule has 2 atom stereocenters. The predicted octanol–water partition coefficient (Wildman–Crippen LogP) is 2.71. The van der Waals surface area contributed by atoms with Crippen molar-refractivity contribution in [3.8, 4) is 0 Å². The summed E-state index contributed by atoms with van der Waals surface area (Å²) in [5, 5.41) is 5.11. The third kappa shape index (κ3) is 2.98. The van der Waals surface area contributed by atoms with Gasteiger partial charge < -0.3 is 19.8 Å². The number of nitrogens with one attached hydrogen (secondary N) is 2. The van der Waals surface area contributed by atoms with Crippen molar-refractivity contribution < 1.29 is 0 Å². The highest BCUT2D eigenvalue weighted by molar-refractivity contribution is 5.84. The van der Waals surface area contributed by atoms with Crippen molar-refractivity contribution in [2.24, 2.45) is 7.05 Å². The van der Waals surface area contributed by atoms with Crippen molar-refractivity contribution in [2.75, 3.05) is 20.1 Å². The van der Waals surface area contributed by atoms with Crippen LogP contribution >= 0.6 is 0 Å². The van der Waals surface area contributed by atoms with Gasteiger partial charge in [-0.15, -0.1) is 0 Å². The van der Waals surface area contributed by atoms with E-state index < -0.39 is 0 Å². The van der Waals surface area contributed by atoms with Crippen LogP contribution in [0.15, 0.2) is 30.7 Å². The van der Waals surface area contributed by atoms with E-state index in [0.29, 0.717) is 12.0 Å². The summed E-state index contributed by atoms with van der Waals surface area (Å²) in [6.45, 7) is 7.37. The Kier molecular flexibility index (Phi) is 4.13. The van der Waals surface area contributed by atoms with Crippen LogP contribution in [0.4, 0.5) is 0 Å². The van der Waals surface area contributed by atoms with E-state index in [1.54, 1.807) is 0 Å². The molecular formula is C20H27N5. The third-order valence-electron chi connectivity index (χ3n) is 5.69. The second kappa shape index (κ2) is 6.32. The van der Waals surface area contributed by atoms with Gasteiger partial charge in [0.2, 0.25) is 0 Å². The van der Waals surface area contributed by atoms with Crippen molar-refractivity contribution in [1.29, 1.82) is 0 Å². The van der Waals surface area contributed by atoms with Gasteiger partial charge in [0.05, 0.1) is 6.33 Å². The van der Waals surface area contributed by atoms with Crippen LogP contribution in [0.5, 0.6) is 0 Å². The van der Waals surface area contributed by atoms with Crippen LogP contribution in [0, 0.1) is 13.8 Å². The van der Waals surface area contributed by atoms with Crippen LogP contribution in [0.25, 0.3) is 10.9 Å². The van der Waals surface area contributed by atoms with Crippen LogP contribution in [-0.2, 0) is 13.6 Å². The number of hydrogen-bond acceptors (Lipinski definition) is 3. The Morgan fingerprint density at radius 3 is 2.84 bits per heavy atom. The molecule has 2 N–H and O–H groups in total. The predicted molar refractivity (Wildman–Crippen MR) is 102 cm³/mol. The van der Waals surface area contributed by atoms with E-state index in [2.05, 4.69) is 70.9 Å². The Morgan fingerprint density at radius 1 is 1.24 bits per heavy atom. The molecule has 0 unspecified atom stereocenters. The fourth-order valence-corrected chi connectivity index (χ4v) is 4.08. The van der Waals surface area contributed by atoms with E-state index >= 15 is 0 Å². The highest BCUT2D eigenvalue weighted by atomic mass is 15.2. The van der Waals surface area contributed by atoms with Crippen LogP contribution in [-0.4, -0.2) is 45.6 Å². The molecule has 3 aromatic rings. The smallest absolute Gasteiger partial charge is 0.0945 e. The summed E-state index contributed by atoms with van der Waals surface area (Å²) in [6, 6.07) is 7.11. The van der Waals surface area contributed by atoms with E-state index in [4.69, 9.17) is 0 Å². The molecule has 0 saturated carbocycles. The second-order valence-electron chi connectivity index (χ2n) is 7.51. The number of aryl methyl sites for hydroxylation is 3. The summed E-state index contributed by atoms with van der Waals surface area (Å²) in [5.41, 5.74) is 6.51. The first-order valence-corrected chi connectivity index (χ1v) is 8.99. The molecule has 4 rings (SSSR count). The number of imidazole rings is 1. The average molecular weight is 337 g/mol. The molecule has 0 radical (unpaired) electrons. The minimum absolute atomic E-state index is 0.439. The molecular weight excluding hydrogens is 310 g/mol. The normalized spacial score (nSPS) is 21.4. The molecule has 1 aliphatic heterocycles. The molecule has 25 heavy (non-hydrogen) atoms. The largest absolute Gasteiger partial charge is 0.357 e. The van der Waals surface area contributed by atoms with Crippen LogP contribution < -0.4 is 5.32 Å². The second-order valence-corrected chi connectivity index (χ2v) is 7.51. The first-order valence-electron chi connectivity index (χ1n) is 8.99.